The van der Waals surface area contributed by atoms with E-state index >= 15 is 0 Å². The van der Waals surface area contributed by atoms with Crippen LogP contribution in [0.5, 0.6) is 0 Å². The Bertz CT molecular complexity index is 483. The molecule has 1 rings (SSSR count). The first-order valence-corrected chi connectivity index (χ1v) is 7.64. The lowest BCUT2D eigenvalue weighted by Gasteiger charge is -2.27. The van der Waals surface area contributed by atoms with Crippen LogP contribution in [0.1, 0.15) is 33.3 Å². The molecule has 0 aliphatic rings. The number of carbonyl (C=O) groups is 1. The number of anilines is 1. The van der Waals surface area contributed by atoms with Crippen LogP contribution in [0.25, 0.3) is 0 Å². The van der Waals surface area contributed by atoms with Gasteiger partial charge in [0.1, 0.15) is 4.99 Å². The number of benzene rings is 1. The summed E-state index contributed by atoms with van der Waals surface area (Å²) < 4.78 is 0. The SMILES string of the molecule is CC(C)CN(CC(=O)Nc1ccc(C(N)=S)cc1)C(C)C. The Morgan fingerprint density at radius 2 is 1.81 bits per heavy atom. The van der Waals surface area contributed by atoms with Crippen molar-refractivity contribution in [1.29, 1.82) is 0 Å². The van der Waals surface area contributed by atoms with Gasteiger partial charge in [-0.25, -0.2) is 0 Å². The fraction of sp³-hybridized carbons (Fsp3) is 0.500. The minimum absolute atomic E-state index is 0.00701. The standard InChI is InChI=1S/C16H25N3OS/c1-11(2)9-19(12(3)4)10-15(20)18-14-7-5-13(6-8-14)16(17)21/h5-8,11-12H,9-10H2,1-4H3,(H2,17,21)(H,18,20). The number of amides is 1. The fourth-order valence-electron chi connectivity index (χ4n) is 2.03. The summed E-state index contributed by atoms with van der Waals surface area (Å²) in [6.45, 7) is 9.82. The molecule has 1 aromatic rings. The van der Waals surface area contributed by atoms with Crippen LogP contribution in [0, 0.1) is 5.92 Å². The minimum atomic E-state index is -0.00701. The average Bonchev–Trinajstić information content (AvgIpc) is 2.37. The maximum absolute atomic E-state index is 12.1. The molecule has 0 aliphatic carbocycles. The largest absolute Gasteiger partial charge is 0.389 e. The van der Waals surface area contributed by atoms with Crippen LogP contribution in [-0.2, 0) is 4.79 Å². The summed E-state index contributed by atoms with van der Waals surface area (Å²) in [6, 6.07) is 7.59. The molecule has 0 aliphatic heterocycles. The summed E-state index contributed by atoms with van der Waals surface area (Å²) in [5.74, 6) is 0.525. The molecule has 0 fully saturated rings. The normalized spacial score (nSPS) is 11.2. The molecule has 0 unspecified atom stereocenters. The van der Waals surface area contributed by atoms with E-state index in [0.29, 0.717) is 23.5 Å². The Balaban J connectivity index is 2.61. The van der Waals surface area contributed by atoms with Gasteiger partial charge in [0.2, 0.25) is 5.91 Å². The second kappa shape index (κ2) is 8.10. The van der Waals surface area contributed by atoms with E-state index < -0.39 is 0 Å². The first-order valence-electron chi connectivity index (χ1n) is 7.23. The Morgan fingerprint density at radius 1 is 1.24 bits per heavy atom. The van der Waals surface area contributed by atoms with E-state index in [2.05, 4.69) is 37.9 Å². The zero-order chi connectivity index (χ0) is 16.0. The van der Waals surface area contributed by atoms with Crippen molar-refractivity contribution in [1.82, 2.24) is 4.90 Å². The number of nitrogens with two attached hydrogens (primary N) is 1. The van der Waals surface area contributed by atoms with Crippen molar-refractivity contribution in [3.8, 4) is 0 Å². The van der Waals surface area contributed by atoms with Gasteiger partial charge in [-0.2, -0.15) is 0 Å². The van der Waals surface area contributed by atoms with Crippen LogP contribution >= 0.6 is 12.2 Å². The van der Waals surface area contributed by atoms with Crippen molar-refractivity contribution >= 4 is 28.8 Å². The van der Waals surface area contributed by atoms with Gasteiger partial charge < -0.3 is 11.1 Å². The van der Waals surface area contributed by atoms with Crippen LogP contribution < -0.4 is 11.1 Å². The molecule has 0 aromatic heterocycles. The van der Waals surface area contributed by atoms with E-state index in [1.165, 1.54) is 0 Å². The Morgan fingerprint density at radius 3 is 2.24 bits per heavy atom. The predicted octanol–water partition coefficient (Wildman–Crippen LogP) is 2.63. The van der Waals surface area contributed by atoms with Crippen molar-refractivity contribution < 1.29 is 4.79 Å². The highest BCUT2D eigenvalue weighted by atomic mass is 32.1. The van der Waals surface area contributed by atoms with E-state index in [-0.39, 0.29) is 5.91 Å². The van der Waals surface area contributed by atoms with Crippen LogP contribution in [-0.4, -0.2) is 34.9 Å². The molecule has 1 aromatic carbocycles. The van der Waals surface area contributed by atoms with Gasteiger partial charge in [0.05, 0.1) is 6.54 Å². The lowest BCUT2D eigenvalue weighted by atomic mass is 10.1. The lowest BCUT2D eigenvalue weighted by Crippen LogP contribution is -2.40. The van der Waals surface area contributed by atoms with Crippen LogP contribution in [0.15, 0.2) is 24.3 Å². The van der Waals surface area contributed by atoms with E-state index in [1.54, 1.807) is 0 Å². The van der Waals surface area contributed by atoms with Gasteiger partial charge in [0.15, 0.2) is 0 Å². The summed E-state index contributed by atoms with van der Waals surface area (Å²) in [5.41, 5.74) is 7.10. The van der Waals surface area contributed by atoms with Crippen molar-refractivity contribution in [2.24, 2.45) is 11.7 Å². The molecule has 0 radical (unpaired) electrons. The number of hydrogen-bond acceptors (Lipinski definition) is 3. The zero-order valence-corrected chi connectivity index (χ0v) is 14.0. The van der Waals surface area contributed by atoms with Crippen LogP contribution in [0.4, 0.5) is 5.69 Å². The monoisotopic (exact) mass is 307 g/mol. The number of hydrogen-bond donors (Lipinski definition) is 2. The molecule has 116 valence electrons. The first-order chi connectivity index (χ1) is 9.79. The first kappa shape index (κ1) is 17.6. The quantitative estimate of drug-likeness (QED) is 0.760. The Kier molecular flexibility index (Phi) is 6.78. The summed E-state index contributed by atoms with van der Waals surface area (Å²) in [4.78, 5) is 14.7. The summed E-state index contributed by atoms with van der Waals surface area (Å²) >= 11 is 4.90. The number of carbonyl (C=O) groups excluding carboxylic acids is 1. The molecule has 0 spiro atoms. The smallest absolute Gasteiger partial charge is 0.238 e. The van der Waals surface area contributed by atoms with E-state index in [0.717, 1.165) is 17.8 Å². The molecule has 0 heterocycles. The van der Waals surface area contributed by atoms with Gasteiger partial charge in [-0.1, -0.05) is 26.1 Å². The summed E-state index contributed by atoms with van der Waals surface area (Å²) in [6.07, 6.45) is 0. The topological polar surface area (TPSA) is 58.4 Å². The Hall–Kier alpha value is -1.46. The third-order valence-corrected chi connectivity index (χ3v) is 3.37. The van der Waals surface area contributed by atoms with Crippen molar-refractivity contribution in [2.45, 2.75) is 33.7 Å². The van der Waals surface area contributed by atoms with Crippen LogP contribution in [0.3, 0.4) is 0 Å². The molecule has 1 amide bonds. The van der Waals surface area contributed by atoms with Gasteiger partial charge in [-0.05, 0) is 44.0 Å². The number of nitrogens with zero attached hydrogens (tertiary/aromatic N) is 1. The van der Waals surface area contributed by atoms with E-state index in [1.807, 2.05) is 24.3 Å². The fourth-order valence-corrected chi connectivity index (χ4v) is 2.17. The second-order valence-corrected chi connectivity index (χ2v) is 6.35. The van der Waals surface area contributed by atoms with Crippen molar-refractivity contribution in [2.75, 3.05) is 18.4 Å². The second-order valence-electron chi connectivity index (χ2n) is 5.91. The zero-order valence-electron chi connectivity index (χ0n) is 13.2. The lowest BCUT2D eigenvalue weighted by molar-refractivity contribution is -0.117. The molecule has 0 saturated heterocycles. The number of thiocarbonyl (C=S) groups is 1. The van der Waals surface area contributed by atoms with Gasteiger partial charge in [0.25, 0.3) is 0 Å². The molecule has 0 bridgehead atoms. The highest BCUT2D eigenvalue weighted by Crippen LogP contribution is 2.10. The molecular weight excluding hydrogens is 282 g/mol. The molecule has 0 atom stereocenters. The molecule has 5 heteroatoms. The van der Waals surface area contributed by atoms with Gasteiger partial charge >= 0.3 is 0 Å². The Labute approximate surface area is 132 Å². The molecule has 0 saturated carbocycles. The van der Waals surface area contributed by atoms with E-state index in [9.17, 15) is 4.79 Å². The molecule has 4 nitrogen and oxygen atoms in total. The third kappa shape index (κ3) is 6.23. The summed E-state index contributed by atoms with van der Waals surface area (Å²) in [7, 11) is 0. The molecule has 21 heavy (non-hydrogen) atoms. The van der Waals surface area contributed by atoms with Gasteiger partial charge in [0, 0.05) is 23.8 Å². The number of nitrogens with one attached hydrogen (secondary N) is 1. The number of rotatable bonds is 7. The minimum Gasteiger partial charge on any atom is -0.389 e. The highest BCUT2D eigenvalue weighted by Gasteiger charge is 2.15. The van der Waals surface area contributed by atoms with E-state index in [4.69, 9.17) is 18.0 Å². The third-order valence-electron chi connectivity index (χ3n) is 3.13. The maximum Gasteiger partial charge on any atom is 0.238 e. The highest BCUT2D eigenvalue weighted by molar-refractivity contribution is 7.80. The van der Waals surface area contributed by atoms with Gasteiger partial charge in [-0.3, -0.25) is 9.69 Å². The predicted molar refractivity (Wildman–Crippen MR) is 92.5 cm³/mol. The maximum atomic E-state index is 12.1. The van der Waals surface area contributed by atoms with Gasteiger partial charge in [-0.15, -0.1) is 0 Å². The van der Waals surface area contributed by atoms with Crippen molar-refractivity contribution in [3.63, 3.8) is 0 Å². The molecular formula is C16H25N3OS. The average molecular weight is 307 g/mol. The van der Waals surface area contributed by atoms with Crippen molar-refractivity contribution in [3.05, 3.63) is 29.8 Å². The van der Waals surface area contributed by atoms with Crippen LogP contribution in [0.2, 0.25) is 0 Å². The summed E-state index contributed by atoms with van der Waals surface area (Å²) in [5, 5.41) is 2.90. The molecule has 3 N–H and O–H groups in total.